The monoisotopic (exact) mass is 294 g/mol. The van der Waals surface area contributed by atoms with Gasteiger partial charge in [-0.2, -0.15) is 0 Å². The zero-order valence-electron chi connectivity index (χ0n) is 8.81. The lowest BCUT2D eigenvalue weighted by Gasteiger charge is -2.13. The number of alkyl halides is 1. The minimum absolute atomic E-state index is 0.174. The summed E-state index contributed by atoms with van der Waals surface area (Å²) in [6, 6.07) is 2.15. The Morgan fingerprint density at radius 1 is 1.57 bits per heavy atom. The van der Waals surface area contributed by atoms with Gasteiger partial charge in [0.15, 0.2) is 0 Å². The van der Waals surface area contributed by atoms with Crippen molar-refractivity contribution in [2.24, 2.45) is 5.92 Å². The summed E-state index contributed by atoms with van der Waals surface area (Å²) >= 11 is 11.6. The van der Waals surface area contributed by atoms with Crippen molar-refractivity contribution in [3.63, 3.8) is 0 Å². The van der Waals surface area contributed by atoms with Crippen molar-refractivity contribution < 1.29 is 0 Å². The number of rotatable bonds is 4. The molecule has 2 unspecified atom stereocenters. The summed E-state index contributed by atoms with van der Waals surface area (Å²) in [5.41, 5.74) is 1.30. The summed E-state index contributed by atoms with van der Waals surface area (Å²) in [7, 11) is 0. The van der Waals surface area contributed by atoms with Crippen LogP contribution in [0.4, 0.5) is 0 Å². The van der Waals surface area contributed by atoms with Gasteiger partial charge in [0.2, 0.25) is 0 Å². The minimum Gasteiger partial charge on any atom is -0.133 e. The summed E-state index contributed by atoms with van der Waals surface area (Å²) in [5.74, 6) is 0.704. The number of aryl methyl sites for hydroxylation is 1. The van der Waals surface area contributed by atoms with E-state index in [1.54, 1.807) is 11.3 Å². The van der Waals surface area contributed by atoms with Crippen LogP contribution < -0.4 is 0 Å². The van der Waals surface area contributed by atoms with Gasteiger partial charge in [0.1, 0.15) is 0 Å². The lowest BCUT2D eigenvalue weighted by molar-refractivity contribution is 0.508. The third kappa shape index (κ3) is 3.25. The van der Waals surface area contributed by atoms with Crippen LogP contribution in [0.2, 0.25) is 0 Å². The molecule has 1 aromatic heterocycles. The predicted octanol–water partition coefficient (Wildman–Crippen LogP) is 5.54. The van der Waals surface area contributed by atoms with Crippen molar-refractivity contribution in [2.75, 3.05) is 0 Å². The first kappa shape index (κ1) is 12.5. The Bertz CT molecular complexity index is 295. The quantitative estimate of drug-likeness (QED) is 0.640. The van der Waals surface area contributed by atoms with Crippen molar-refractivity contribution >= 4 is 38.9 Å². The highest BCUT2D eigenvalue weighted by Gasteiger charge is 2.15. The normalized spacial score (nSPS) is 15.5. The highest BCUT2D eigenvalue weighted by Crippen LogP contribution is 2.37. The molecule has 0 aromatic carbocycles. The molecule has 0 nitrogen and oxygen atoms in total. The maximum Gasteiger partial charge on any atom is 0.0704 e. The van der Waals surface area contributed by atoms with Gasteiger partial charge in [-0.25, -0.2) is 0 Å². The molecule has 0 aliphatic heterocycles. The average Bonchev–Trinajstić information content (AvgIpc) is 2.45. The van der Waals surface area contributed by atoms with Crippen LogP contribution in [-0.4, -0.2) is 0 Å². The van der Waals surface area contributed by atoms with Crippen LogP contribution in [0, 0.1) is 12.8 Å². The molecule has 0 aliphatic carbocycles. The second kappa shape index (κ2) is 5.53. The van der Waals surface area contributed by atoms with E-state index >= 15 is 0 Å². The van der Waals surface area contributed by atoms with Crippen LogP contribution in [0.5, 0.6) is 0 Å². The number of halogens is 2. The van der Waals surface area contributed by atoms with E-state index in [1.165, 1.54) is 20.6 Å². The molecule has 0 aliphatic rings. The minimum atomic E-state index is 0.174. The van der Waals surface area contributed by atoms with Gasteiger partial charge in [0.25, 0.3) is 0 Å². The van der Waals surface area contributed by atoms with Gasteiger partial charge in [-0.1, -0.05) is 20.3 Å². The SMILES string of the molecule is CCC(C)CC(Cl)c1cc(Br)sc1C. The van der Waals surface area contributed by atoms with Crippen LogP contribution in [-0.2, 0) is 0 Å². The molecule has 2 atom stereocenters. The molecule has 80 valence electrons. The zero-order valence-corrected chi connectivity index (χ0v) is 12.0. The molecule has 0 fully saturated rings. The average molecular weight is 296 g/mol. The van der Waals surface area contributed by atoms with E-state index < -0.39 is 0 Å². The molecule has 0 saturated carbocycles. The Kier molecular flexibility index (Phi) is 4.95. The fourth-order valence-corrected chi connectivity index (χ4v) is 3.78. The van der Waals surface area contributed by atoms with Crippen LogP contribution >= 0.6 is 38.9 Å². The first-order chi connectivity index (χ1) is 6.54. The number of hydrogen-bond donors (Lipinski definition) is 0. The maximum atomic E-state index is 6.38. The topological polar surface area (TPSA) is 0 Å². The molecule has 0 bridgehead atoms. The molecule has 1 rings (SSSR count). The predicted molar refractivity (Wildman–Crippen MR) is 69.4 cm³/mol. The van der Waals surface area contributed by atoms with Crippen molar-refractivity contribution in [1.82, 2.24) is 0 Å². The highest BCUT2D eigenvalue weighted by molar-refractivity contribution is 9.11. The molecule has 0 radical (unpaired) electrons. The summed E-state index contributed by atoms with van der Waals surface area (Å²) in [6.07, 6.45) is 2.27. The van der Waals surface area contributed by atoms with Crippen LogP contribution in [0.25, 0.3) is 0 Å². The van der Waals surface area contributed by atoms with E-state index in [4.69, 9.17) is 11.6 Å². The molecule has 0 saturated heterocycles. The van der Waals surface area contributed by atoms with Crippen molar-refractivity contribution in [3.8, 4) is 0 Å². The Morgan fingerprint density at radius 2 is 2.21 bits per heavy atom. The summed E-state index contributed by atoms with van der Waals surface area (Å²) in [6.45, 7) is 6.60. The molecule has 0 spiro atoms. The van der Waals surface area contributed by atoms with E-state index in [2.05, 4.69) is 42.8 Å². The molecule has 0 amide bonds. The van der Waals surface area contributed by atoms with E-state index in [0.717, 1.165) is 6.42 Å². The molecule has 14 heavy (non-hydrogen) atoms. The third-order valence-corrected chi connectivity index (χ3v) is 4.55. The Hall–Kier alpha value is 0.470. The molecular weight excluding hydrogens is 280 g/mol. The van der Waals surface area contributed by atoms with Crippen LogP contribution in [0.1, 0.15) is 42.5 Å². The van der Waals surface area contributed by atoms with E-state index in [-0.39, 0.29) is 5.38 Å². The van der Waals surface area contributed by atoms with Gasteiger partial charge < -0.3 is 0 Å². The van der Waals surface area contributed by atoms with Crippen LogP contribution in [0.15, 0.2) is 9.85 Å². The fraction of sp³-hybridized carbons (Fsp3) is 0.636. The Morgan fingerprint density at radius 3 is 2.64 bits per heavy atom. The van der Waals surface area contributed by atoms with E-state index in [9.17, 15) is 0 Å². The Labute approximate surface area is 104 Å². The van der Waals surface area contributed by atoms with Gasteiger partial charge in [-0.05, 0) is 46.8 Å². The van der Waals surface area contributed by atoms with E-state index in [0.29, 0.717) is 5.92 Å². The highest BCUT2D eigenvalue weighted by atomic mass is 79.9. The zero-order chi connectivity index (χ0) is 10.7. The van der Waals surface area contributed by atoms with Crippen LogP contribution in [0.3, 0.4) is 0 Å². The largest absolute Gasteiger partial charge is 0.133 e. The molecule has 0 N–H and O–H groups in total. The summed E-state index contributed by atoms with van der Waals surface area (Å²) < 4.78 is 1.18. The summed E-state index contributed by atoms with van der Waals surface area (Å²) in [4.78, 5) is 1.33. The molecular formula is C11H16BrClS. The van der Waals surface area contributed by atoms with Gasteiger partial charge in [-0.3, -0.25) is 0 Å². The number of thiophene rings is 1. The van der Waals surface area contributed by atoms with Crippen molar-refractivity contribution in [3.05, 3.63) is 20.3 Å². The van der Waals surface area contributed by atoms with Crippen molar-refractivity contribution in [2.45, 2.75) is 39.0 Å². The van der Waals surface area contributed by atoms with Gasteiger partial charge in [-0.15, -0.1) is 22.9 Å². The second-order valence-corrected chi connectivity index (χ2v) is 6.94. The van der Waals surface area contributed by atoms with Gasteiger partial charge in [0.05, 0.1) is 9.16 Å². The second-order valence-electron chi connectivity index (χ2n) is 3.78. The Balaban J connectivity index is 2.69. The third-order valence-electron chi connectivity index (χ3n) is 2.57. The van der Waals surface area contributed by atoms with E-state index in [1.807, 2.05) is 0 Å². The van der Waals surface area contributed by atoms with Gasteiger partial charge in [0, 0.05) is 4.88 Å². The molecule has 1 heterocycles. The lowest BCUT2D eigenvalue weighted by atomic mass is 9.99. The standard InChI is InChI=1S/C11H16BrClS/c1-4-7(2)5-10(13)9-6-11(12)14-8(9)3/h6-7,10H,4-5H2,1-3H3. The van der Waals surface area contributed by atoms with Crippen molar-refractivity contribution in [1.29, 1.82) is 0 Å². The smallest absolute Gasteiger partial charge is 0.0704 e. The fourth-order valence-electron chi connectivity index (χ4n) is 1.42. The lowest BCUT2D eigenvalue weighted by Crippen LogP contribution is -1.98. The molecule has 3 heteroatoms. The first-order valence-corrected chi connectivity index (χ1v) is 6.99. The first-order valence-electron chi connectivity index (χ1n) is 4.94. The number of hydrogen-bond acceptors (Lipinski definition) is 1. The van der Waals surface area contributed by atoms with Gasteiger partial charge >= 0.3 is 0 Å². The molecule has 1 aromatic rings. The maximum absolute atomic E-state index is 6.38. The summed E-state index contributed by atoms with van der Waals surface area (Å²) in [5, 5.41) is 0.174.